The summed E-state index contributed by atoms with van der Waals surface area (Å²) in [5.74, 6) is -0.978. The Bertz CT molecular complexity index is 717. The number of aryl methyl sites for hydroxylation is 1. The van der Waals surface area contributed by atoms with Crippen molar-refractivity contribution in [2.45, 2.75) is 31.2 Å². The smallest absolute Gasteiger partial charge is 0.332 e. The summed E-state index contributed by atoms with van der Waals surface area (Å²) in [5.41, 5.74) is 1.81. The quantitative estimate of drug-likeness (QED) is 0.787. The monoisotopic (exact) mass is 378 g/mol. The lowest BCUT2D eigenvalue weighted by molar-refractivity contribution is -0.160. The lowest BCUT2D eigenvalue weighted by Gasteiger charge is -2.26. The van der Waals surface area contributed by atoms with Crippen molar-refractivity contribution in [3.05, 3.63) is 35.4 Å². The number of nitrogens with zero attached hydrogens (tertiary/aromatic N) is 2. The predicted molar refractivity (Wildman–Crippen MR) is 87.5 cm³/mol. The largest absolute Gasteiger partial charge is 0.406 e. The molecule has 1 amide bonds. The van der Waals surface area contributed by atoms with Crippen LogP contribution in [-0.2, 0) is 21.2 Å². The Morgan fingerprint density at radius 3 is 2.36 bits per heavy atom. The van der Waals surface area contributed by atoms with Crippen molar-refractivity contribution >= 4 is 15.9 Å². The minimum absolute atomic E-state index is 0.0105. The van der Waals surface area contributed by atoms with Gasteiger partial charge in [0.2, 0.25) is 15.9 Å². The van der Waals surface area contributed by atoms with E-state index in [4.69, 9.17) is 0 Å². The lowest BCUT2D eigenvalue weighted by Crippen LogP contribution is -2.47. The van der Waals surface area contributed by atoms with Crippen LogP contribution in [0, 0.1) is 6.92 Å². The van der Waals surface area contributed by atoms with E-state index in [1.807, 2.05) is 19.1 Å². The number of carbonyl (C=O) groups is 1. The summed E-state index contributed by atoms with van der Waals surface area (Å²) >= 11 is 0. The van der Waals surface area contributed by atoms with Crippen LogP contribution in [0.15, 0.2) is 24.3 Å². The fourth-order valence-electron chi connectivity index (χ4n) is 2.75. The second kappa shape index (κ2) is 7.33. The van der Waals surface area contributed by atoms with E-state index in [1.54, 1.807) is 12.1 Å². The summed E-state index contributed by atoms with van der Waals surface area (Å²) in [5, 5.41) is -1.43. The van der Waals surface area contributed by atoms with E-state index in [0.29, 0.717) is 4.90 Å². The number of hydrogen-bond acceptors (Lipinski definition) is 3. The molecule has 0 radical (unpaired) electrons. The molecule has 0 saturated carbocycles. The lowest BCUT2D eigenvalue weighted by atomic mass is 10.1. The Morgan fingerprint density at radius 2 is 1.88 bits per heavy atom. The second-order valence-corrected chi connectivity index (χ2v) is 8.48. The molecule has 1 aromatic carbocycles. The van der Waals surface area contributed by atoms with Gasteiger partial charge >= 0.3 is 6.18 Å². The van der Waals surface area contributed by atoms with Gasteiger partial charge in [-0.2, -0.15) is 13.2 Å². The molecule has 1 heterocycles. The van der Waals surface area contributed by atoms with Crippen molar-refractivity contribution < 1.29 is 26.4 Å². The van der Waals surface area contributed by atoms with Gasteiger partial charge in [0.1, 0.15) is 6.54 Å². The van der Waals surface area contributed by atoms with Gasteiger partial charge in [-0.15, -0.1) is 0 Å². The summed E-state index contributed by atoms with van der Waals surface area (Å²) < 4.78 is 63.8. The molecule has 0 N–H and O–H groups in total. The highest BCUT2D eigenvalue weighted by Crippen LogP contribution is 2.24. The van der Waals surface area contributed by atoms with Crippen LogP contribution >= 0.6 is 0 Å². The maximum absolute atomic E-state index is 12.8. The third kappa shape index (κ3) is 4.94. The van der Waals surface area contributed by atoms with Gasteiger partial charge in [0.15, 0.2) is 5.25 Å². The van der Waals surface area contributed by atoms with E-state index < -0.39 is 33.9 Å². The summed E-state index contributed by atoms with van der Waals surface area (Å²) in [6.45, 7) is 0.395. The van der Waals surface area contributed by atoms with Gasteiger partial charge in [0, 0.05) is 20.1 Å². The molecule has 0 unspecified atom stereocenters. The number of amides is 1. The van der Waals surface area contributed by atoms with Gasteiger partial charge in [-0.1, -0.05) is 29.8 Å². The predicted octanol–water partition coefficient (Wildman–Crippen LogP) is 1.96. The van der Waals surface area contributed by atoms with Crippen LogP contribution in [-0.4, -0.2) is 61.6 Å². The fraction of sp³-hybridized carbons (Fsp3) is 0.562. The van der Waals surface area contributed by atoms with Crippen molar-refractivity contribution in [3.8, 4) is 0 Å². The maximum Gasteiger partial charge on any atom is 0.406 e. The van der Waals surface area contributed by atoms with Crippen LogP contribution in [0.3, 0.4) is 0 Å². The zero-order valence-corrected chi connectivity index (χ0v) is 14.9. The molecule has 0 aliphatic carbocycles. The third-order valence-electron chi connectivity index (χ3n) is 4.25. The third-order valence-corrected chi connectivity index (χ3v) is 6.46. The van der Waals surface area contributed by atoms with Crippen molar-refractivity contribution in [1.29, 1.82) is 0 Å². The van der Waals surface area contributed by atoms with Gasteiger partial charge in [-0.25, -0.2) is 12.7 Å². The molecule has 2 rings (SSSR count). The first kappa shape index (κ1) is 19.7. The molecule has 0 bridgehead atoms. The average Bonchev–Trinajstić information content (AvgIpc) is 2.77. The normalized spacial score (nSPS) is 20.6. The number of alkyl halides is 3. The summed E-state index contributed by atoms with van der Waals surface area (Å²) in [4.78, 5) is 13.1. The molecule has 1 saturated heterocycles. The number of benzene rings is 1. The van der Waals surface area contributed by atoms with Crippen LogP contribution < -0.4 is 0 Å². The number of halogens is 3. The van der Waals surface area contributed by atoms with Crippen LogP contribution in [0.2, 0.25) is 0 Å². The number of carbonyl (C=O) groups excluding carboxylic acids is 1. The minimum atomic E-state index is -4.59. The van der Waals surface area contributed by atoms with Crippen LogP contribution in [0.4, 0.5) is 13.2 Å². The first-order chi connectivity index (χ1) is 11.5. The molecular weight excluding hydrogens is 357 g/mol. The van der Waals surface area contributed by atoms with E-state index >= 15 is 0 Å². The van der Waals surface area contributed by atoms with Gasteiger partial charge in [0.25, 0.3) is 0 Å². The molecule has 25 heavy (non-hydrogen) atoms. The van der Waals surface area contributed by atoms with Crippen LogP contribution in [0.5, 0.6) is 0 Å². The molecule has 1 atom stereocenters. The number of sulfonamides is 1. The van der Waals surface area contributed by atoms with Gasteiger partial charge in [-0.3, -0.25) is 4.79 Å². The molecule has 140 valence electrons. The zero-order chi connectivity index (χ0) is 18.8. The van der Waals surface area contributed by atoms with Gasteiger partial charge in [0.05, 0.1) is 0 Å². The zero-order valence-electron chi connectivity index (χ0n) is 14.1. The number of hydrogen-bond donors (Lipinski definition) is 0. The van der Waals surface area contributed by atoms with Crippen molar-refractivity contribution in [1.82, 2.24) is 9.21 Å². The van der Waals surface area contributed by atoms with E-state index in [9.17, 15) is 26.4 Å². The Kier molecular flexibility index (Phi) is 5.78. The molecule has 1 aliphatic heterocycles. The molecule has 0 spiro atoms. The molecule has 1 aromatic rings. The number of rotatable bonds is 5. The topological polar surface area (TPSA) is 57.7 Å². The standard InChI is InChI=1S/C16H21F3N2O3S/c1-12-3-5-13(6-4-12)7-10-21(11-16(17,18)19)15(22)14-8-9-20(2)25(14,23)24/h3-6,14H,7-11H2,1-2H3/t14-/m0/s1. The average molecular weight is 378 g/mol. The van der Waals surface area contributed by atoms with Gasteiger partial charge < -0.3 is 4.90 Å². The summed E-state index contributed by atoms with van der Waals surface area (Å²) in [7, 11) is -2.56. The first-order valence-electron chi connectivity index (χ1n) is 7.87. The minimum Gasteiger partial charge on any atom is -0.332 e. The SMILES string of the molecule is Cc1ccc(CCN(CC(F)(F)F)C(=O)[C@@H]2CCN(C)S2(=O)=O)cc1. The second-order valence-electron chi connectivity index (χ2n) is 6.25. The van der Waals surface area contributed by atoms with Crippen molar-refractivity contribution in [2.75, 3.05) is 26.7 Å². The van der Waals surface area contributed by atoms with Gasteiger partial charge in [-0.05, 0) is 25.3 Å². The Hall–Kier alpha value is -1.61. The van der Waals surface area contributed by atoms with E-state index in [0.717, 1.165) is 15.4 Å². The highest BCUT2D eigenvalue weighted by molar-refractivity contribution is 7.90. The Balaban J connectivity index is 2.15. The first-order valence-corrected chi connectivity index (χ1v) is 9.37. The van der Waals surface area contributed by atoms with Crippen molar-refractivity contribution in [2.24, 2.45) is 0 Å². The fourth-order valence-corrected chi connectivity index (χ4v) is 4.35. The molecule has 5 nitrogen and oxygen atoms in total. The van der Waals surface area contributed by atoms with E-state index in [1.165, 1.54) is 7.05 Å². The molecule has 1 aliphatic rings. The van der Waals surface area contributed by atoms with Crippen LogP contribution in [0.25, 0.3) is 0 Å². The molecular formula is C16H21F3N2O3S. The molecule has 9 heteroatoms. The van der Waals surface area contributed by atoms with Crippen molar-refractivity contribution in [3.63, 3.8) is 0 Å². The molecule has 1 fully saturated rings. The van der Waals surface area contributed by atoms with Crippen LogP contribution in [0.1, 0.15) is 17.5 Å². The maximum atomic E-state index is 12.8. The molecule has 0 aromatic heterocycles. The Labute approximate surface area is 145 Å². The highest BCUT2D eigenvalue weighted by Gasteiger charge is 2.45. The highest BCUT2D eigenvalue weighted by atomic mass is 32.2. The summed E-state index contributed by atoms with van der Waals surface area (Å²) in [6, 6.07) is 7.24. The Morgan fingerprint density at radius 1 is 1.28 bits per heavy atom. The van der Waals surface area contributed by atoms with E-state index in [-0.39, 0.29) is 25.9 Å². The summed E-state index contributed by atoms with van der Waals surface area (Å²) in [6.07, 6.45) is -4.35. The van der Waals surface area contributed by atoms with E-state index in [2.05, 4.69) is 0 Å².